The molecule has 1 aromatic carbocycles. The fraction of sp³-hybridized carbons (Fsp3) is 0.0769. The number of hydrogen-bond donors (Lipinski definition) is 0. The van der Waals surface area contributed by atoms with Gasteiger partial charge in [0.1, 0.15) is 0 Å². The van der Waals surface area contributed by atoms with Crippen LogP contribution in [0, 0.1) is 11.8 Å². The SMILES string of the molecule is C1#CC(c2ccccc2)=CC=CC1. The van der Waals surface area contributed by atoms with E-state index in [0.717, 1.165) is 12.0 Å². The van der Waals surface area contributed by atoms with E-state index in [4.69, 9.17) is 0 Å². The number of rotatable bonds is 1. The first-order valence-corrected chi connectivity index (χ1v) is 4.38. The second-order valence-electron chi connectivity index (χ2n) is 2.88. The Kier molecular flexibility index (Phi) is 2.29. The van der Waals surface area contributed by atoms with Gasteiger partial charge in [-0.25, -0.2) is 0 Å². The van der Waals surface area contributed by atoms with Gasteiger partial charge in [-0.3, -0.25) is 0 Å². The molecule has 0 unspecified atom stereocenters. The van der Waals surface area contributed by atoms with E-state index >= 15 is 0 Å². The summed E-state index contributed by atoms with van der Waals surface area (Å²) in [7, 11) is 0. The Bertz CT molecular complexity index is 397. The molecule has 13 heavy (non-hydrogen) atoms. The molecular weight excluding hydrogens is 156 g/mol. The third-order valence-corrected chi connectivity index (χ3v) is 1.93. The van der Waals surface area contributed by atoms with Crippen molar-refractivity contribution in [1.29, 1.82) is 0 Å². The van der Waals surface area contributed by atoms with Crippen molar-refractivity contribution in [2.24, 2.45) is 0 Å². The number of hydrogen-bond acceptors (Lipinski definition) is 0. The highest BCUT2D eigenvalue weighted by Gasteiger charge is 1.95. The molecular formula is C13H10. The van der Waals surface area contributed by atoms with Crippen LogP contribution in [0.4, 0.5) is 0 Å². The molecule has 0 spiro atoms. The molecule has 0 amide bonds. The van der Waals surface area contributed by atoms with Gasteiger partial charge >= 0.3 is 0 Å². The summed E-state index contributed by atoms with van der Waals surface area (Å²) >= 11 is 0. The van der Waals surface area contributed by atoms with Crippen molar-refractivity contribution in [2.75, 3.05) is 0 Å². The molecule has 0 atom stereocenters. The van der Waals surface area contributed by atoms with Crippen LogP contribution in [0.15, 0.2) is 48.6 Å². The van der Waals surface area contributed by atoms with Gasteiger partial charge in [-0.2, -0.15) is 0 Å². The Hall–Kier alpha value is -1.74. The van der Waals surface area contributed by atoms with Gasteiger partial charge in [-0.15, -0.1) is 0 Å². The summed E-state index contributed by atoms with van der Waals surface area (Å²) in [4.78, 5) is 0. The summed E-state index contributed by atoms with van der Waals surface area (Å²) in [5, 5.41) is 0. The monoisotopic (exact) mass is 166 g/mol. The zero-order valence-electron chi connectivity index (χ0n) is 7.33. The van der Waals surface area contributed by atoms with Crippen molar-refractivity contribution in [3.63, 3.8) is 0 Å². The van der Waals surface area contributed by atoms with Crippen LogP contribution in [0.2, 0.25) is 0 Å². The minimum Gasteiger partial charge on any atom is -0.0937 e. The van der Waals surface area contributed by atoms with Crippen LogP contribution in [0.1, 0.15) is 12.0 Å². The molecule has 1 aliphatic rings. The first-order chi connectivity index (χ1) is 6.47. The Balaban J connectivity index is 2.39. The average Bonchev–Trinajstić information content (AvgIpc) is 2.47. The Morgan fingerprint density at radius 1 is 1.08 bits per heavy atom. The van der Waals surface area contributed by atoms with E-state index in [2.05, 4.69) is 42.2 Å². The summed E-state index contributed by atoms with van der Waals surface area (Å²) in [5.74, 6) is 6.24. The molecule has 0 aliphatic heterocycles. The van der Waals surface area contributed by atoms with Crippen LogP contribution in [-0.2, 0) is 0 Å². The fourth-order valence-corrected chi connectivity index (χ4v) is 1.27. The maximum Gasteiger partial charge on any atom is 0.0317 e. The van der Waals surface area contributed by atoms with Crippen molar-refractivity contribution in [3.05, 3.63) is 54.1 Å². The van der Waals surface area contributed by atoms with E-state index in [1.165, 1.54) is 5.56 Å². The predicted octanol–water partition coefficient (Wildman–Crippen LogP) is 3.03. The molecule has 0 heterocycles. The Morgan fingerprint density at radius 2 is 1.92 bits per heavy atom. The van der Waals surface area contributed by atoms with Crippen molar-refractivity contribution in [1.82, 2.24) is 0 Å². The lowest BCUT2D eigenvalue weighted by Gasteiger charge is -1.96. The molecule has 2 rings (SSSR count). The normalized spacial score (nSPS) is 14.0. The highest BCUT2D eigenvalue weighted by atomic mass is 14.0. The van der Waals surface area contributed by atoms with Gasteiger partial charge in [0, 0.05) is 12.0 Å². The second-order valence-corrected chi connectivity index (χ2v) is 2.88. The molecule has 1 aliphatic carbocycles. The highest BCUT2D eigenvalue weighted by molar-refractivity contribution is 5.80. The molecule has 62 valence electrons. The molecule has 0 heteroatoms. The summed E-state index contributed by atoms with van der Waals surface area (Å²) in [6, 6.07) is 10.3. The van der Waals surface area contributed by atoms with Gasteiger partial charge in [0.2, 0.25) is 0 Å². The predicted molar refractivity (Wildman–Crippen MR) is 56.0 cm³/mol. The summed E-state index contributed by atoms with van der Waals surface area (Å²) < 4.78 is 0. The van der Waals surface area contributed by atoms with Crippen LogP contribution < -0.4 is 0 Å². The van der Waals surface area contributed by atoms with Gasteiger partial charge in [-0.1, -0.05) is 54.3 Å². The quantitative estimate of drug-likeness (QED) is 0.562. The van der Waals surface area contributed by atoms with Crippen LogP contribution >= 0.6 is 0 Å². The lowest BCUT2D eigenvalue weighted by molar-refractivity contribution is 1.48. The van der Waals surface area contributed by atoms with Crippen LogP contribution in [0.5, 0.6) is 0 Å². The summed E-state index contributed by atoms with van der Waals surface area (Å²) in [6.45, 7) is 0. The lowest BCUT2D eigenvalue weighted by atomic mass is 10.1. The molecule has 0 aromatic heterocycles. The Morgan fingerprint density at radius 3 is 2.77 bits per heavy atom. The molecule has 0 N–H and O–H groups in total. The number of benzene rings is 1. The van der Waals surface area contributed by atoms with E-state index in [0.29, 0.717) is 0 Å². The van der Waals surface area contributed by atoms with Crippen molar-refractivity contribution < 1.29 is 0 Å². The number of allylic oxidation sites excluding steroid dienone is 4. The van der Waals surface area contributed by atoms with Gasteiger partial charge in [0.15, 0.2) is 0 Å². The van der Waals surface area contributed by atoms with Gasteiger partial charge in [0.25, 0.3) is 0 Å². The highest BCUT2D eigenvalue weighted by Crippen LogP contribution is 2.14. The van der Waals surface area contributed by atoms with Crippen LogP contribution in [0.3, 0.4) is 0 Å². The maximum atomic E-state index is 3.15. The molecule has 1 aromatic rings. The van der Waals surface area contributed by atoms with E-state index < -0.39 is 0 Å². The second kappa shape index (κ2) is 3.78. The smallest absolute Gasteiger partial charge is 0.0317 e. The summed E-state index contributed by atoms with van der Waals surface area (Å²) in [5.41, 5.74) is 2.30. The summed E-state index contributed by atoms with van der Waals surface area (Å²) in [6.07, 6.45) is 7.04. The molecule has 0 bridgehead atoms. The third kappa shape index (κ3) is 1.89. The lowest BCUT2D eigenvalue weighted by Crippen LogP contribution is -1.78. The van der Waals surface area contributed by atoms with E-state index in [-0.39, 0.29) is 0 Å². The maximum absolute atomic E-state index is 3.15. The molecule has 0 nitrogen and oxygen atoms in total. The molecule has 0 saturated heterocycles. The molecule has 0 radical (unpaired) electrons. The minimum atomic E-state index is 0.854. The zero-order valence-corrected chi connectivity index (χ0v) is 7.33. The van der Waals surface area contributed by atoms with E-state index in [9.17, 15) is 0 Å². The Labute approximate surface area is 78.6 Å². The fourth-order valence-electron chi connectivity index (χ4n) is 1.27. The van der Waals surface area contributed by atoms with Crippen molar-refractivity contribution in [3.8, 4) is 11.8 Å². The van der Waals surface area contributed by atoms with E-state index in [1.807, 2.05) is 18.2 Å². The zero-order chi connectivity index (χ0) is 8.93. The largest absolute Gasteiger partial charge is 0.0937 e. The minimum absolute atomic E-state index is 0.854. The average molecular weight is 166 g/mol. The van der Waals surface area contributed by atoms with Gasteiger partial charge in [0.05, 0.1) is 0 Å². The standard InChI is InChI=1S/C13H10/c1-2-5-9-12(8-4-1)13-10-6-3-7-11-13/h1,3-4,6-8,10-11H,2H2. The van der Waals surface area contributed by atoms with Crippen molar-refractivity contribution >= 4 is 5.57 Å². The first kappa shape index (κ1) is 7.89. The molecule has 0 saturated carbocycles. The first-order valence-electron chi connectivity index (χ1n) is 4.38. The van der Waals surface area contributed by atoms with Gasteiger partial charge < -0.3 is 0 Å². The molecule has 0 fully saturated rings. The van der Waals surface area contributed by atoms with Crippen molar-refractivity contribution in [2.45, 2.75) is 6.42 Å². The van der Waals surface area contributed by atoms with Gasteiger partial charge in [-0.05, 0) is 11.6 Å². The van der Waals surface area contributed by atoms with Crippen LogP contribution in [-0.4, -0.2) is 0 Å². The third-order valence-electron chi connectivity index (χ3n) is 1.93. The van der Waals surface area contributed by atoms with Crippen LogP contribution in [0.25, 0.3) is 5.57 Å². The topological polar surface area (TPSA) is 0 Å². The van der Waals surface area contributed by atoms with E-state index in [1.54, 1.807) is 0 Å².